The third-order valence-electron chi connectivity index (χ3n) is 5.84. The zero-order valence-corrected chi connectivity index (χ0v) is 20.9. The molecule has 0 radical (unpaired) electrons. The average molecular weight is 504 g/mol. The summed E-state index contributed by atoms with van der Waals surface area (Å²) in [4.78, 5) is 26.3. The van der Waals surface area contributed by atoms with Crippen molar-refractivity contribution in [3.05, 3.63) is 113 Å². The number of ether oxygens (including phenoxy) is 2. The number of methoxy groups -OCH3 is 2. The molecule has 0 aromatic heterocycles. The lowest BCUT2D eigenvalue weighted by Gasteiger charge is -2.32. The van der Waals surface area contributed by atoms with Crippen LogP contribution < -0.4 is 4.74 Å². The molecule has 0 unspecified atom stereocenters. The van der Waals surface area contributed by atoms with Crippen molar-refractivity contribution in [2.24, 2.45) is 0 Å². The molecule has 0 aliphatic carbocycles. The molecule has 0 saturated heterocycles. The fraction of sp³-hybridized carbons (Fsp3) is 0.143. The minimum absolute atomic E-state index is 0.0381. The van der Waals surface area contributed by atoms with Gasteiger partial charge in [-0.25, -0.2) is 13.2 Å². The molecule has 1 aliphatic rings. The van der Waals surface area contributed by atoms with Gasteiger partial charge >= 0.3 is 5.97 Å². The number of sulfonamides is 1. The minimum Gasteiger partial charge on any atom is -0.497 e. The van der Waals surface area contributed by atoms with Gasteiger partial charge in [0.1, 0.15) is 5.75 Å². The Hall–Kier alpha value is -4.17. The van der Waals surface area contributed by atoms with Crippen molar-refractivity contribution < 1.29 is 27.5 Å². The number of benzene rings is 3. The second kappa shape index (κ2) is 10.2. The monoisotopic (exact) mass is 503 g/mol. The molecule has 0 spiro atoms. The molecular formula is C28H25NO6S. The summed E-state index contributed by atoms with van der Waals surface area (Å²) in [5, 5.41) is 0. The molecule has 184 valence electrons. The maximum Gasteiger partial charge on any atom is 0.340 e. The van der Waals surface area contributed by atoms with E-state index >= 15 is 0 Å². The molecule has 0 N–H and O–H groups in total. The summed E-state index contributed by atoms with van der Waals surface area (Å²) in [6.07, 6.45) is 1.42. The number of ketones is 1. The first-order valence-corrected chi connectivity index (χ1v) is 12.6. The number of hydrogen-bond donors (Lipinski definition) is 0. The second-order valence-electron chi connectivity index (χ2n) is 8.17. The molecular weight excluding hydrogens is 478 g/mol. The fourth-order valence-corrected chi connectivity index (χ4v) is 5.41. The van der Waals surface area contributed by atoms with Gasteiger partial charge in [0.15, 0.2) is 5.78 Å². The van der Waals surface area contributed by atoms with Crippen LogP contribution in [-0.2, 0) is 19.6 Å². The van der Waals surface area contributed by atoms with Crippen LogP contribution in [0.25, 0.3) is 5.70 Å². The molecule has 36 heavy (non-hydrogen) atoms. The number of carbonyl (C=O) groups excluding carboxylic acids is 2. The normalized spacial score (nSPS) is 13.8. The zero-order chi connectivity index (χ0) is 25.9. The van der Waals surface area contributed by atoms with Crippen molar-refractivity contribution >= 4 is 27.5 Å². The van der Waals surface area contributed by atoms with Gasteiger partial charge in [-0.1, -0.05) is 48.0 Å². The van der Waals surface area contributed by atoms with Crippen molar-refractivity contribution in [3.8, 4) is 5.75 Å². The van der Waals surface area contributed by atoms with E-state index in [1.165, 1.54) is 32.4 Å². The Kier molecular flexibility index (Phi) is 7.07. The molecule has 4 rings (SSSR count). The van der Waals surface area contributed by atoms with Crippen LogP contribution in [0.15, 0.2) is 101 Å². The maximum absolute atomic E-state index is 13.9. The summed E-state index contributed by atoms with van der Waals surface area (Å²) in [5.74, 6) is -0.573. The summed E-state index contributed by atoms with van der Waals surface area (Å²) in [5.41, 5.74) is 1.96. The molecule has 0 bridgehead atoms. The number of rotatable bonds is 7. The van der Waals surface area contributed by atoms with Crippen molar-refractivity contribution in [2.45, 2.75) is 11.8 Å². The average Bonchev–Trinajstić information content (AvgIpc) is 2.92. The van der Waals surface area contributed by atoms with Crippen LogP contribution in [-0.4, -0.2) is 45.2 Å². The van der Waals surface area contributed by atoms with Gasteiger partial charge in [-0.15, -0.1) is 0 Å². The van der Waals surface area contributed by atoms with Crippen LogP contribution in [0.3, 0.4) is 0 Å². The number of hydrogen-bond acceptors (Lipinski definition) is 6. The third-order valence-corrected chi connectivity index (χ3v) is 7.60. The number of nitrogens with zero attached hydrogens (tertiary/aromatic N) is 1. The summed E-state index contributed by atoms with van der Waals surface area (Å²) in [7, 11) is -1.44. The van der Waals surface area contributed by atoms with Crippen molar-refractivity contribution in [3.63, 3.8) is 0 Å². The highest BCUT2D eigenvalue weighted by Crippen LogP contribution is 2.36. The van der Waals surface area contributed by atoms with Gasteiger partial charge in [-0.05, 0) is 55.0 Å². The largest absolute Gasteiger partial charge is 0.497 e. The Morgan fingerprint density at radius 2 is 1.50 bits per heavy atom. The van der Waals surface area contributed by atoms with Gasteiger partial charge in [0.25, 0.3) is 10.0 Å². The van der Waals surface area contributed by atoms with Crippen LogP contribution in [0.1, 0.15) is 21.5 Å². The Labute approximate surface area is 210 Å². The lowest BCUT2D eigenvalue weighted by atomic mass is 9.95. The lowest BCUT2D eigenvalue weighted by Crippen LogP contribution is -2.37. The van der Waals surface area contributed by atoms with Gasteiger partial charge in [-0.3, -0.25) is 9.10 Å². The van der Waals surface area contributed by atoms with Gasteiger partial charge in [0.2, 0.25) is 0 Å². The van der Waals surface area contributed by atoms with E-state index in [0.29, 0.717) is 16.9 Å². The van der Waals surface area contributed by atoms with Gasteiger partial charge in [0, 0.05) is 11.1 Å². The quantitative estimate of drug-likeness (QED) is 0.351. The molecule has 3 aromatic rings. The summed E-state index contributed by atoms with van der Waals surface area (Å²) >= 11 is 0. The molecule has 0 fully saturated rings. The SMILES string of the molecule is COC(=O)C1=C(c2ccc(OC)cc2)N(S(=O)(=O)c2ccc(C)cc2)CC(C(=O)c2ccccc2)=C1. The second-order valence-corrected chi connectivity index (χ2v) is 10.0. The Morgan fingerprint density at radius 1 is 0.861 bits per heavy atom. The lowest BCUT2D eigenvalue weighted by molar-refractivity contribution is -0.135. The first kappa shape index (κ1) is 24.9. The fourth-order valence-electron chi connectivity index (χ4n) is 3.93. The van der Waals surface area contributed by atoms with E-state index in [0.717, 1.165) is 9.87 Å². The highest BCUT2D eigenvalue weighted by atomic mass is 32.2. The predicted octanol–water partition coefficient (Wildman–Crippen LogP) is 4.40. The summed E-state index contributed by atoms with van der Waals surface area (Å²) < 4.78 is 39.2. The van der Waals surface area contributed by atoms with Gasteiger partial charge in [-0.2, -0.15) is 0 Å². The van der Waals surface area contributed by atoms with E-state index in [9.17, 15) is 18.0 Å². The minimum atomic E-state index is -4.17. The number of aryl methyl sites for hydroxylation is 1. The maximum atomic E-state index is 13.9. The van der Waals surface area contributed by atoms with E-state index in [1.54, 1.807) is 66.7 Å². The molecule has 1 heterocycles. The topological polar surface area (TPSA) is 90.0 Å². The van der Waals surface area contributed by atoms with Crippen LogP contribution in [0.5, 0.6) is 5.75 Å². The Morgan fingerprint density at radius 3 is 2.08 bits per heavy atom. The van der Waals surface area contributed by atoms with Gasteiger partial charge in [0.05, 0.1) is 36.9 Å². The molecule has 3 aromatic carbocycles. The van der Waals surface area contributed by atoms with E-state index in [-0.39, 0.29) is 34.1 Å². The van der Waals surface area contributed by atoms with Gasteiger partial charge < -0.3 is 9.47 Å². The molecule has 8 heteroatoms. The van der Waals surface area contributed by atoms with E-state index in [2.05, 4.69) is 0 Å². The van der Waals surface area contributed by atoms with Crippen LogP contribution in [0.4, 0.5) is 0 Å². The van der Waals surface area contributed by atoms with E-state index in [1.807, 2.05) is 6.92 Å². The van der Waals surface area contributed by atoms with Crippen LogP contribution in [0, 0.1) is 6.92 Å². The zero-order valence-electron chi connectivity index (χ0n) is 20.1. The molecule has 7 nitrogen and oxygen atoms in total. The molecule has 0 atom stereocenters. The Bertz CT molecular complexity index is 1450. The first-order valence-electron chi connectivity index (χ1n) is 11.1. The highest BCUT2D eigenvalue weighted by molar-refractivity contribution is 7.89. The Balaban J connectivity index is 1.96. The smallest absolute Gasteiger partial charge is 0.340 e. The van der Waals surface area contributed by atoms with E-state index in [4.69, 9.17) is 9.47 Å². The number of esters is 1. The van der Waals surface area contributed by atoms with Crippen molar-refractivity contribution in [1.29, 1.82) is 0 Å². The number of carbonyl (C=O) groups is 2. The molecule has 0 saturated carbocycles. The van der Waals surface area contributed by atoms with Crippen LogP contribution in [0.2, 0.25) is 0 Å². The van der Waals surface area contributed by atoms with Crippen molar-refractivity contribution in [2.75, 3.05) is 20.8 Å². The molecule has 0 amide bonds. The van der Waals surface area contributed by atoms with Crippen molar-refractivity contribution in [1.82, 2.24) is 4.31 Å². The van der Waals surface area contributed by atoms with E-state index < -0.39 is 16.0 Å². The molecule has 1 aliphatic heterocycles. The third kappa shape index (κ3) is 4.81. The first-order chi connectivity index (χ1) is 17.3. The van der Waals surface area contributed by atoms with Crippen LogP contribution >= 0.6 is 0 Å². The number of Topliss-reactive ketones (excluding diaryl/α,β-unsaturated/α-hetero) is 1. The highest BCUT2D eigenvalue weighted by Gasteiger charge is 2.36. The predicted molar refractivity (Wildman–Crippen MR) is 136 cm³/mol. The summed E-state index contributed by atoms with van der Waals surface area (Å²) in [6, 6.07) is 21.6. The summed E-state index contributed by atoms with van der Waals surface area (Å²) in [6.45, 7) is 1.60. The standard InChI is InChI=1S/C28H25NO6S/c1-19-9-15-24(16-10-19)36(32,33)29-18-22(27(30)21-7-5-4-6-8-21)17-25(28(31)35-3)26(29)20-11-13-23(34-2)14-12-20/h4-17H,18H2,1-3H3.